The molecule has 0 spiro atoms. The van der Waals surface area contributed by atoms with Crippen molar-refractivity contribution in [3.63, 3.8) is 0 Å². The van der Waals surface area contributed by atoms with Gasteiger partial charge >= 0.3 is 5.97 Å². The number of carbonyl (C=O) groups excluding carboxylic acids is 7. The largest absolute Gasteiger partial charge is 0.480 e. The van der Waals surface area contributed by atoms with E-state index in [2.05, 4.69) is 37.2 Å². The Hall–Kier alpha value is -5.90. The molecule has 0 unspecified atom stereocenters. The van der Waals surface area contributed by atoms with Gasteiger partial charge in [0.05, 0.1) is 12.2 Å². The molecule has 0 bridgehead atoms. The predicted molar refractivity (Wildman–Crippen MR) is 252 cm³/mol. The van der Waals surface area contributed by atoms with Gasteiger partial charge in [0.15, 0.2) is 11.9 Å². The van der Waals surface area contributed by atoms with Crippen LogP contribution in [0, 0.1) is 10.8 Å². The zero-order chi connectivity index (χ0) is 51.8. The smallest absolute Gasteiger partial charge is 0.326 e. The van der Waals surface area contributed by atoms with Gasteiger partial charge in [-0.15, -0.1) is 0 Å². The molecule has 7 amide bonds. The Morgan fingerprint density at radius 3 is 1.41 bits per heavy atom. The molecule has 0 saturated carbocycles. The summed E-state index contributed by atoms with van der Waals surface area (Å²) < 4.78 is 0. The molecule has 0 aromatic rings. The zero-order valence-corrected chi connectivity index (χ0v) is 39.8. The van der Waals surface area contributed by atoms with E-state index in [0.717, 1.165) is 0 Å². The minimum atomic E-state index is -1.68. The lowest BCUT2D eigenvalue weighted by atomic mass is 10.0. The van der Waals surface area contributed by atoms with Crippen molar-refractivity contribution < 1.29 is 53.7 Å². The molecule has 10 atom stereocenters. The normalized spacial score (nSPS) is 19.1. The number of rotatable bonds is 31. The molecule has 2 fully saturated rings. The predicted octanol–water partition coefficient (Wildman–Crippen LogP) is -5.65. The first-order chi connectivity index (χ1) is 32.6. The number of nitrogens with two attached hydrogens (primary N) is 5. The van der Waals surface area contributed by atoms with Gasteiger partial charge in [-0.1, -0.05) is 0 Å². The van der Waals surface area contributed by atoms with Crippen LogP contribution in [0.25, 0.3) is 0 Å². The van der Waals surface area contributed by atoms with Crippen LogP contribution in [0.15, 0.2) is 0 Å². The fourth-order valence-electron chi connectivity index (χ4n) is 8.03. The van der Waals surface area contributed by atoms with E-state index in [1.807, 2.05) is 0 Å². The maximum absolute atomic E-state index is 14.2. The number of amides is 7. The number of aliphatic carboxylic acids is 1. The standard InChI is InChI=1S/C42H78N16O11/c1-23(59)31(45)36(64)53-26(11-3-5-17-43)38(66)57-21-9-15-29(57)34(62)52-25(13-7-19-50-41(46)47)33(61)56-32(24(2)60)37(65)54-27(12-4-6-18-44)39(67)58-22-10-16-30(58)35(63)55-28(40(68)69)14-8-20-51-42(48)49/h23-32,59-60H,3-22,43-45H2,1-2H3,(H,52,62)(H,53,64)(H,54,65)(H,55,63)(H,56,61)(H,68,69)(H4,46,47,50)(H4,48,49,51)/t23-,24+,25-,26-,27-,28+,29-,30-,31+,32-/m0/s1. The van der Waals surface area contributed by atoms with Gasteiger partial charge in [0, 0.05) is 26.2 Å². The van der Waals surface area contributed by atoms with Crippen molar-refractivity contribution in [1.29, 1.82) is 10.8 Å². The highest BCUT2D eigenvalue weighted by Gasteiger charge is 2.42. The van der Waals surface area contributed by atoms with Crippen LogP contribution in [0.1, 0.15) is 104 Å². The van der Waals surface area contributed by atoms with Gasteiger partial charge in [-0.05, 0) is 117 Å². The van der Waals surface area contributed by atoms with Gasteiger partial charge in [-0.25, -0.2) is 4.79 Å². The average molecular weight is 983 g/mol. The van der Waals surface area contributed by atoms with Crippen LogP contribution in [0.3, 0.4) is 0 Å². The summed E-state index contributed by atoms with van der Waals surface area (Å²) in [5.74, 6) is -7.25. The minimum Gasteiger partial charge on any atom is -0.480 e. The number of carboxylic acid groups (broad SMARTS) is 1. The number of carboxylic acids is 1. The van der Waals surface area contributed by atoms with E-state index >= 15 is 0 Å². The SMILES string of the molecule is C[C@H](O)[C@@H](N)C(=O)N[C@@H](CCCCN)C(=O)N1CCC[C@H]1C(=O)N[C@@H](CCCNC(=N)N)C(=O)N[C@H](C(=O)N[C@@H](CCCCN)C(=O)N1CCC[C@H]1C(=O)N[C@H](CCCNC(=N)N)C(=O)O)[C@@H](C)O. The van der Waals surface area contributed by atoms with Crippen LogP contribution < -0.4 is 65.9 Å². The van der Waals surface area contributed by atoms with E-state index in [4.69, 9.17) is 39.5 Å². The molecule has 27 nitrogen and oxygen atoms in total. The van der Waals surface area contributed by atoms with Crippen molar-refractivity contribution in [3.8, 4) is 0 Å². The van der Waals surface area contributed by atoms with Crippen molar-refractivity contribution >= 4 is 59.2 Å². The quantitative estimate of drug-likeness (QED) is 0.0175. The molecule has 0 aromatic carbocycles. The number of likely N-dealkylation sites (tertiary alicyclic amines) is 2. The van der Waals surface area contributed by atoms with Crippen LogP contribution in [0.5, 0.6) is 0 Å². The minimum absolute atomic E-state index is 0.00420. The lowest BCUT2D eigenvalue weighted by Crippen LogP contribution is -2.61. The summed E-state index contributed by atoms with van der Waals surface area (Å²) in [4.78, 5) is 111. The molecule has 0 radical (unpaired) electrons. The Balaban J connectivity index is 2.33. The van der Waals surface area contributed by atoms with E-state index in [9.17, 15) is 53.7 Å². The number of carbonyl (C=O) groups is 8. The van der Waals surface area contributed by atoms with E-state index < -0.39 is 108 Å². The zero-order valence-electron chi connectivity index (χ0n) is 39.8. The molecule has 392 valence electrons. The van der Waals surface area contributed by atoms with Crippen molar-refractivity contribution in [3.05, 3.63) is 0 Å². The second kappa shape index (κ2) is 30.6. The molecule has 0 aliphatic carbocycles. The van der Waals surface area contributed by atoms with E-state index in [1.54, 1.807) is 0 Å². The van der Waals surface area contributed by atoms with Crippen molar-refractivity contribution in [2.45, 2.75) is 164 Å². The Morgan fingerprint density at radius 1 is 0.580 bits per heavy atom. The average Bonchev–Trinajstić information content (AvgIpc) is 4.00. The maximum Gasteiger partial charge on any atom is 0.326 e. The number of nitrogens with zero attached hydrogens (tertiary/aromatic N) is 2. The molecule has 2 saturated heterocycles. The van der Waals surface area contributed by atoms with Crippen molar-refractivity contribution in [2.24, 2.45) is 28.7 Å². The molecule has 2 rings (SSSR count). The van der Waals surface area contributed by atoms with Gasteiger partial charge in [-0.2, -0.15) is 0 Å². The summed E-state index contributed by atoms with van der Waals surface area (Å²) in [7, 11) is 0. The molecule has 2 heterocycles. The van der Waals surface area contributed by atoms with E-state index in [1.165, 1.54) is 23.6 Å². The first-order valence-electron chi connectivity index (χ1n) is 23.7. The fraction of sp³-hybridized carbons (Fsp3) is 0.762. The summed E-state index contributed by atoms with van der Waals surface area (Å²) in [6.45, 7) is 3.72. The van der Waals surface area contributed by atoms with Gasteiger partial charge in [0.1, 0.15) is 48.3 Å². The summed E-state index contributed by atoms with van der Waals surface area (Å²) in [5.41, 5.74) is 27.9. The number of unbranched alkanes of at least 4 members (excludes halogenated alkanes) is 2. The second-order valence-electron chi connectivity index (χ2n) is 17.5. The Labute approximate surface area is 402 Å². The summed E-state index contributed by atoms with van der Waals surface area (Å²) >= 11 is 0. The van der Waals surface area contributed by atoms with Gasteiger partial charge < -0.3 is 91.0 Å². The molecule has 22 N–H and O–H groups in total. The third-order valence-electron chi connectivity index (χ3n) is 11.9. The van der Waals surface area contributed by atoms with E-state index in [-0.39, 0.29) is 96.0 Å². The first kappa shape index (κ1) is 59.2. The van der Waals surface area contributed by atoms with Crippen molar-refractivity contribution in [2.75, 3.05) is 39.3 Å². The number of aliphatic hydroxyl groups excluding tert-OH is 2. The summed E-state index contributed by atoms with van der Waals surface area (Å²) in [5, 5.41) is 63.3. The third-order valence-corrected chi connectivity index (χ3v) is 11.9. The maximum atomic E-state index is 14.2. The number of nitrogens with one attached hydrogen (secondary N) is 9. The van der Waals surface area contributed by atoms with Crippen LogP contribution >= 0.6 is 0 Å². The number of aliphatic hydroxyl groups is 2. The topological polar surface area (TPSA) is 466 Å². The third kappa shape index (κ3) is 19.9. The summed E-state index contributed by atoms with van der Waals surface area (Å²) in [6, 6.07) is -10.2. The van der Waals surface area contributed by atoms with Gasteiger partial charge in [0.2, 0.25) is 41.4 Å². The highest BCUT2D eigenvalue weighted by molar-refractivity contribution is 5.98. The highest BCUT2D eigenvalue weighted by atomic mass is 16.4. The first-order valence-corrected chi connectivity index (χ1v) is 23.7. The summed E-state index contributed by atoms with van der Waals surface area (Å²) in [6.07, 6.45) is 0.835. The van der Waals surface area contributed by atoms with Gasteiger partial charge in [0.25, 0.3) is 0 Å². The Kier molecular flexibility index (Phi) is 26.2. The molecular weight excluding hydrogens is 905 g/mol. The molecule has 0 aromatic heterocycles. The van der Waals surface area contributed by atoms with Crippen LogP contribution in [-0.2, 0) is 38.4 Å². The Bertz CT molecular complexity index is 1760. The van der Waals surface area contributed by atoms with Gasteiger partial charge in [-0.3, -0.25) is 44.4 Å². The van der Waals surface area contributed by atoms with Crippen LogP contribution in [0.2, 0.25) is 0 Å². The van der Waals surface area contributed by atoms with E-state index in [0.29, 0.717) is 45.1 Å². The molecule has 2 aliphatic heterocycles. The fourth-order valence-corrected chi connectivity index (χ4v) is 8.03. The lowest BCUT2D eigenvalue weighted by molar-refractivity contribution is -0.145. The number of hydrogen-bond donors (Lipinski definition) is 17. The molecular formula is C42H78N16O11. The molecule has 27 heteroatoms. The van der Waals surface area contributed by atoms with Crippen LogP contribution in [0.4, 0.5) is 0 Å². The molecule has 69 heavy (non-hydrogen) atoms. The Morgan fingerprint density at radius 2 is 1.00 bits per heavy atom. The second-order valence-corrected chi connectivity index (χ2v) is 17.5. The van der Waals surface area contributed by atoms with Crippen LogP contribution in [-0.4, -0.2) is 184 Å². The number of guanidine groups is 2. The van der Waals surface area contributed by atoms with Crippen molar-refractivity contribution in [1.82, 2.24) is 47.0 Å². The highest BCUT2D eigenvalue weighted by Crippen LogP contribution is 2.22. The number of hydrogen-bond acceptors (Lipinski definition) is 15. The molecule has 2 aliphatic rings. The lowest BCUT2D eigenvalue weighted by Gasteiger charge is -2.32. The monoisotopic (exact) mass is 983 g/mol.